The fourth-order valence-corrected chi connectivity index (χ4v) is 5.49. The molecule has 0 atom stereocenters. The monoisotopic (exact) mass is 577 g/mol. The summed E-state index contributed by atoms with van der Waals surface area (Å²) in [7, 11) is 0. The number of pyridine rings is 1. The van der Waals surface area contributed by atoms with Gasteiger partial charge in [-0.1, -0.05) is 54.6 Å². The van der Waals surface area contributed by atoms with E-state index in [0.717, 1.165) is 67.8 Å². The van der Waals surface area contributed by atoms with Crippen molar-refractivity contribution in [2.24, 2.45) is 0 Å². The van der Waals surface area contributed by atoms with Gasteiger partial charge < -0.3 is 18.8 Å². The number of ether oxygens (including phenoxy) is 2. The smallest absolute Gasteiger partial charge is 0.338 e. The highest BCUT2D eigenvalue weighted by Gasteiger charge is 2.21. The Hall–Kier alpha value is -4.53. The van der Waals surface area contributed by atoms with Gasteiger partial charge in [0.05, 0.1) is 35.4 Å². The van der Waals surface area contributed by atoms with Crippen LogP contribution in [0, 0.1) is 0 Å². The zero-order valence-electron chi connectivity index (χ0n) is 24.3. The quantitative estimate of drug-likeness (QED) is 0.153. The summed E-state index contributed by atoms with van der Waals surface area (Å²) < 4.78 is 17.4. The predicted molar refractivity (Wildman–Crippen MR) is 167 cm³/mol. The first-order valence-electron chi connectivity index (χ1n) is 14.8. The summed E-state index contributed by atoms with van der Waals surface area (Å²) in [4.78, 5) is 35.7. The van der Waals surface area contributed by atoms with Gasteiger partial charge in [-0.2, -0.15) is 0 Å². The second-order valence-electron chi connectivity index (χ2n) is 10.7. The summed E-state index contributed by atoms with van der Waals surface area (Å²) in [6.45, 7) is 7.98. The van der Waals surface area contributed by atoms with Gasteiger partial charge in [0.2, 0.25) is 11.2 Å². The van der Waals surface area contributed by atoms with E-state index >= 15 is 0 Å². The van der Waals surface area contributed by atoms with E-state index in [2.05, 4.69) is 34.1 Å². The van der Waals surface area contributed by atoms with Gasteiger partial charge in [0.25, 0.3) is 0 Å². The lowest BCUT2D eigenvalue weighted by atomic mass is 10.1. The number of piperazine rings is 1. The van der Waals surface area contributed by atoms with Crippen LogP contribution in [-0.2, 0) is 11.3 Å². The number of hydrogen-bond acceptors (Lipinski definition) is 8. The van der Waals surface area contributed by atoms with Gasteiger partial charge in [0.1, 0.15) is 5.58 Å². The molecule has 1 saturated heterocycles. The molecule has 0 spiro atoms. The largest absolute Gasteiger partial charge is 0.486 e. The first kappa shape index (κ1) is 28.6. The average Bonchev–Trinajstić information content (AvgIpc) is 3.05. The molecule has 1 aliphatic rings. The molecule has 3 aromatic carbocycles. The molecule has 1 fully saturated rings. The molecule has 8 nitrogen and oxygen atoms in total. The molecular weight excluding hydrogens is 542 g/mol. The molecular formula is C35H35N3O5. The summed E-state index contributed by atoms with van der Waals surface area (Å²) >= 11 is 0. The number of aromatic nitrogens is 1. The van der Waals surface area contributed by atoms with Crippen molar-refractivity contribution in [1.82, 2.24) is 14.8 Å². The van der Waals surface area contributed by atoms with Crippen molar-refractivity contribution < 1.29 is 18.7 Å². The Bertz CT molecular complexity index is 1780. The summed E-state index contributed by atoms with van der Waals surface area (Å²) in [6.07, 6.45) is 0.765. The fourth-order valence-electron chi connectivity index (χ4n) is 5.49. The third kappa shape index (κ3) is 6.61. The number of fused-ring (bicyclic) bond motifs is 2. The Balaban J connectivity index is 1.09. The molecule has 0 bridgehead atoms. The maximum Gasteiger partial charge on any atom is 0.338 e. The Morgan fingerprint density at radius 3 is 2.49 bits per heavy atom. The number of esters is 1. The van der Waals surface area contributed by atoms with Gasteiger partial charge in [-0.05, 0) is 43.7 Å². The number of benzene rings is 3. The van der Waals surface area contributed by atoms with Crippen molar-refractivity contribution in [2.75, 3.05) is 45.9 Å². The van der Waals surface area contributed by atoms with Crippen molar-refractivity contribution in [3.63, 3.8) is 0 Å². The summed E-state index contributed by atoms with van der Waals surface area (Å²) in [6, 6.07) is 26.7. The highest BCUT2D eigenvalue weighted by molar-refractivity contribution is 5.94. The van der Waals surface area contributed by atoms with Crippen molar-refractivity contribution >= 4 is 27.8 Å². The van der Waals surface area contributed by atoms with Gasteiger partial charge in [-0.25, -0.2) is 4.79 Å². The molecule has 0 radical (unpaired) electrons. The van der Waals surface area contributed by atoms with E-state index in [1.54, 1.807) is 19.1 Å². The van der Waals surface area contributed by atoms with E-state index in [4.69, 9.17) is 18.9 Å². The molecule has 8 heteroatoms. The topological polar surface area (TPSA) is 85.1 Å². The Morgan fingerprint density at radius 1 is 0.907 bits per heavy atom. The lowest BCUT2D eigenvalue weighted by Gasteiger charge is -2.34. The van der Waals surface area contributed by atoms with Crippen LogP contribution in [0.5, 0.6) is 5.75 Å². The molecule has 3 heterocycles. The van der Waals surface area contributed by atoms with E-state index in [1.807, 2.05) is 42.5 Å². The average molecular weight is 578 g/mol. The fraction of sp³-hybridized carbons (Fsp3) is 0.286. The van der Waals surface area contributed by atoms with Gasteiger partial charge in [0.15, 0.2) is 5.76 Å². The molecule has 5 aromatic rings. The minimum atomic E-state index is -0.480. The Kier molecular flexibility index (Phi) is 8.77. The van der Waals surface area contributed by atoms with Crippen LogP contribution >= 0.6 is 0 Å². The second kappa shape index (κ2) is 13.2. The molecule has 220 valence electrons. The maximum absolute atomic E-state index is 13.7. The molecule has 0 amide bonds. The third-order valence-electron chi connectivity index (χ3n) is 7.77. The normalized spacial score (nSPS) is 14.3. The van der Waals surface area contributed by atoms with Gasteiger partial charge >= 0.3 is 5.97 Å². The number of rotatable bonds is 10. The van der Waals surface area contributed by atoms with E-state index < -0.39 is 5.97 Å². The maximum atomic E-state index is 13.7. The number of carbonyl (C=O) groups excluding carboxylic acids is 1. The number of nitrogens with zero attached hydrogens (tertiary/aromatic N) is 3. The zero-order chi connectivity index (χ0) is 29.6. The minimum Gasteiger partial charge on any atom is -0.486 e. The second-order valence-corrected chi connectivity index (χ2v) is 10.7. The van der Waals surface area contributed by atoms with E-state index in [1.165, 1.54) is 6.07 Å². The first-order chi connectivity index (χ1) is 21.1. The van der Waals surface area contributed by atoms with Crippen LogP contribution in [0.25, 0.3) is 33.2 Å². The van der Waals surface area contributed by atoms with Gasteiger partial charge in [-0.3, -0.25) is 14.7 Å². The molecule has 0 unspecified atom stereocenters. The standard InChI is InChI=1S/C35H35N3O5/c1-2-41-35(40)27-14-16-31-29(23-27)32(39)34(33(43-31)26-10-4-3-5-11-26)42-22-8-17-37-18-20-38(21-19-37)24-28-15-13-25-9-6-7-12-30(25)36-28/h3-7,9-16,23H,2,8,17-22,24H2,1H3. The third-order valence-corrected chi connectivity index (χ3v) is 7.77. The highest BCUT2D eigenvalue weighted by Crippen LogP contribution is 2.31. The minimum absolute atomic E-state index is 0.160. The van der Waals surface area contributed by atoms with E-state index in [9.17, 15) is 9.59 Å². The molecule has 1 aliphatic heterocycles. The molecule has 6 rings (SSSR count). The first-order valence-corrected chi connectivity index (χ1v) is 14.8. The van der Waals surface area contributed by atoms with Gasteiger partial charge in [-0.15, -0.1) is 0 Å². The number of carbonyl (C=O) groups is 1. The number of para-hydroxylation sites is 1. The lowest BCUT2D eigenvalue weighted by molar-refractivity contribution is 0.0526. The summed E-state index contributed by atoms with van der Waals surface area (Å²) in [5.74, 6) is 0.0670. The van der Waals surface area contributed by atoms with E-state index in [-0.39, 0.29) is 23.2 Å². The van der Waals surface area contributed by atoms with E-state index in [0.29, 0.717) is 23.5 Å². The van der Waals surface area contributed by atoms with Crippen LogP contribution in [0.15, 0.2) is 94.1 Å². The van der Waals surface area contributed by atoms with Gasteiger partial charge in [0, 0.05) is 50.2 Å². The molecule has 0 aliphatic carbocycles. The van der Waals surface area contributed by atoms with Crippen LogP contribution in [-0.4, -0.2) is 66.7 Å². The van der Waals surface area contributed by atoms with Crippen LogP contribution in [0.2, 0.25) is 0 Å². The van der Waals surface area contributed by atoms with Crippen molar-refractivity contribution in [2.45, 2.75) is 19.9 Å². The Labute approximate surface area is 250 Å². The van der Waals surface area contributed by atoms with Crippen LogP contribution in [0.4, 0.5) is 0 Å². The molecule has 43 heavy (non-hydrogen) atoms. The molecule has 2 aromatic heterocycles. The van der Waals surface area contributed by atoms with Crippen LogP contribution in [0.1, 0.15) is 29.4 Å². The van der Waals surface area contributed by atoms with Crippen molar-refractivity contribution in [3.8, 4) is 17.1 Å². The lowest BCUT2D eigenvalue weighted by Crippen LogP contribution is -2.46. The highest BCUT2D eigenvalue weighted by atomic mass is 16.5. The molecule has 0 saturated carbocycles. The summed E-state index contributed by atoms with van der Waals surface area (Å²) in [5.41, 5.74) is 3.27. The number of hydrogen-bond donors (Lipinski definition) is 0. The SMILES string of the molecule is CCOC(=O)c1ccc2oc(-c3ccccc3)c(OCCCN3CCN(Cc4ccc5ccccc5n4)CC3)c(=O)c2c1. The summed E-state index contributed by atoms with van der Waals surface area (Å²) in [5, 5.41) is 1.45. The predicted octanol–water partition coefficient (Wildman–Crippen LogP) is 5.77. The Morgan fingerprint density at radius 2 is 1.67 bits per heavy atom. The van der Waals surface area contributed by atoms with Crippen LogP contribution < -0.4 is 10.2 Å². The molecule has 0 N–H and O–H groups in total. The van der Waals surface area contributed by atoms with Crippen molar-refractivity contribution in [1.29, 1.82) is 0 Å². The van der Waals surface area contributed by atoms with Crippen molar-refractivity contribution in [3.05, 3.63) is 106 Å². The van der Waals surface area contributed by atoms with Crippen LogP contribution in [0.3, 0.4) is 0 Å². The zero-order valence-corrected chi connectivity index (χ0v) is 24.3.